The molecule has 0 aromatic heterocycles. The standard InChI is InChI=1S/C14H29NO3/c1-4-7-15-14(3,11-16)9-12(2)18-10-13-6-5-8-17-13/h12-13,15-16H,4-11H2,1-3H3. The van der Waals surface area contributed by atoms with Crippen LogP contribution in [0.4, 0.5) is 0 Å². The van der Waals surface area contributed by atoms with E-state index in [2.05, 4.69) is 26.1 Å². The van der Waals surface area contributed by atoms with Gasteiger partial charge in [0.2, 0.25) is 0 Å². The normalized spacial score (nSPS) is 25.0. The van der Waals surface area contributed by atoms with Crippen LogP contribution in [0.3, 0.4) is 0 Å². The molecule has 4 nitrogen and oxygen atoms in total. The van der Waals surface area contributed by atoms with E-state index in [0.29, 0.717) is 6.61 Å². The summed E-state index contributed by atoms with van der Waals surface area (Å²) in [5, 5.41) is 12.9. The lowest BCUT2D eigenvalue weighted by Crippen LogP contribution is -2.48. The lowest BCUT2D eigenvalue weighted by molar-refractivity contribution is -0.0285. The fraction of sp³-hybridized carbons (Fsp3) is 1.00. The Morgan fingerprint density at radius 1 is 1.56 bits per heavy atom. The molecular weight excluding hydrogens is 230 g/mol. The van der Waals surface area contributed by atoms with Crippen molar-refractivity contribution in [3.8, 4) is 0 Å². The SMILES string of the molecule is CCCNC(C)(CO)CC(C)OCC1CCCO1. The predicted molar refractivity (Wildman–Crippen MR) is 72.8 cm³/mol. The molecule has 0 aliphatic carbocycles. The Balaban J connectivity index is 2.24. The summed E-state index contributed by atoms with van der Waals surface area (Å²) >= 11 is 0. The van der Waals surface area contributed by atoms with Crippen LogP contribution in [0.2, 0.25) is 0 Å². The Labute approximate surface area is 111 Å². The first-order chi connectivity index (χ1) is 8.59. The molecule has 3 atom stereocenters. The lowest BCUT2D eigenvalue weighted by Gasteiger charge is -2.32. The highest BCUT2D eigenvalue weighted by atomic mass is 16.5. The quantitative estimate of drug-likeness (QED) is 0.662. The fourth-order valence-corrected chi connectivity index (χ4v) is 2.36. The van der Waals surface area contributed by atoms with E-state index in [1.54, 1.807) is 0 Å². The van der Waals surface area contributed by atoms with Gasteiger partial charge in [-0.1, -0.05) is 6.92 Å². The Bertz CT molecular complexity index is 219. The van der Waals surface area contributed by atoms with Crippen molar-refractivity contribution in [2.75, 3.05) is 26.4 Å². The maximum atomic E-state index is 9.50. The fourth-order valence-electron chi connectivity index (χ4n) is 2.36. The third-order valence-electron chi connectivity index (χ3n) is 3.48. The monoisotopic (exact) mass is 259 g/mol. The van der Waals surface area contributed by atoms with Crippen LogP contribution in [0.15, 0.2) is 0 Å². The molecule has 4 heteroatoms. The average molecular weight is 259 g/mol. The van der Waals surface area contributed by atoms with Gasteiger partial charge in [-0.05, 0) is 46.1 Å². The van der Waals surface area contributed by atoms with Crippen LogP contribution in [-0.4, -0.2) is 49.2 Å². The summed E-state index contributed by atoms with van der Waals surface area (Å²) in [5.41, 5.74) is -0.244. The van der Waals surface area contributed by atoms with E-state index in [-0.39, 0.29) is 24.4 Å². The molecule has 0 aromatic rings. The molecule has 1 heterocycles. The summed E-state index contributed by atoms with van der Waals surface area (Å²) in [5.74, 6) is 0. The number of hydrogen-bond acceptors (Lipinski definition) is 4. The van der Waals surface area contributed by atoms with Crippen molar-refractivity contribution in [2.45, 2.75) is 64.2 Å². The first kappa shape index (κ1) is 15.9. The highest BCUT2D eigenvalue weighted by molar-refractivity contribution is 4.84. The molecule has 1 aliphatic heterocycles. The van der Waals surface area contributed by atoms with E-state index in [0.717, 1.165) is 38.8 Å². The Morgan fingerprint density at radius 2 is 2.33 bits per heavy atom. The molecule has 1 rings (SSSR count). The molecule has 0 bridgehead atoms. The zero-order valence-corrected chi connectivity index (χ0v) is 12.1. The molecule has 108 valence electrons. The Morgan fingerprint density at radius 3 is 2.89 bits per heavy atom. The van der Waals surface area contributed by atoms with Crippen LogP contribution in [0.1, 0.15) is 46.5 Å². The zero-order chi connectivity index (χ0) is 13.4. The van der Waals surface area contributed by atoms with Gasteiger partial charge in [0.25, 0.3) is 0 Å². The number of aliphatic hydroxyl groups is 1. The van der Waals surface area contributed by atoms with Crippen LogP contribution in [-0.2, 0) is 9.47 Å². The molecule has 0 amide bonds. The van der Waals surface area contributed by atoms with Gasteiger partial charge in [0.1, 0.15) is 0 Å². The van der Waals surface area contributed by atoms with E-state index in [1.807, 2.05) is 0 Å². The number of ether oxygens (including phenoxy) is 2. The summed E-state index contributed by atoms with van der Waals surface area (Å²) in [6, 6.07) is 0. The van der Waals surface area contributed by atoms with Gasteiger partial charge in [0.15, 0.2) is 0 Å². The first-order valence-corrected chi connectivity index (χ1v) is 7.18. The molecular formula is C14H29NO3. The highest BCUT2D eigenvalue weighted by Crippen LogP contribution is 2.17. The van der Waals surface area contributed by atoms with Crippen molar-refractivity contribution in [1.82, 2.24) is 5.32 Å². The molecule has 3 unspecified atom stereocenters. The van der Waals surface area contributed by atoms with Crippen molar-refractivity contribution in [3.05, 3.63) is 0 Å². The van der Waals surface area contributed by atoms with Gasteiger partial charge in [0, 0.05) is 12.1 Å². The molecule has 1 saturated heterocycles. The third-order valence-corrected chi connectivity index (χ3v) is 3.48. The minimum absolute atomic E-state index is 0.135. The molecule has 1 aliphatic rings. The van der Waals surface area contributed by atoms with E-state index in [1.165, 1.54) is 0 Å². The number of hydrogen-bond donors (Lipinski definition) is 2. The molecule has 1 fully saturated rings. The number of nitrogens with one attached hydrogen (secondary N) is 1. The number of rotatable bonds is 9. The van der Waals surface area contributed by atoms with Crippen molar-refractivity contribution >= 4 is 0 Å². The zero-order valence-electron chi connectivity index (χ0n) is 12.1. The Hall–Kier alpha value is -0.160. The predicted octanol–water partition coefficient (Wildman–Crippen LogP) is 1.71. The van der Waals surface area contributed by atoms with Crippen molar-refractivity contribution in [1.29, 1.82) is 0 Å². The van der Waals surface area contributed by atoms with Crippen LogP contribution >= 0.6 is 0 Å². The summed E-state index contributed by atoms with van der Waals surface area (Å²) in [6.45, 7) is 8.86. The van der Waals surface area contributed by atoms with Crippen LogP contribution in [0, 0.1) is 0 Å². The van der Waals surface area contributed by atoms with E-state index in [4.69, 9.17) is 9.47 Å². The molecule has 0 radical (unpaired) electrons. The lowest BCUT2D eigenvalue weighted by atomic mass is 9.95. The summed E-state index contributed by atoms with van der Waals surface area (Å²) in [4.78, 5) is 0. The smallest absolute Gasteiger partial charge is 0.0809 e. The van der Waals surface area contributed by atoms with Gasteiger partial charge in [-0.2, -0.15) is 0 Å². The molecule has 0 spiro atoms. The summed E-state index contributed by atoms with van der Waals surface area (Å²) < 4.78 is 11.4. The van der Waals surface area contributed by atoms with E-state index < -0.39 is 0 Å². The third kappa shape index (κ3) is 5.65. The largest absolute Gasteiger partial charge is 0.394 e. The Kier molecular flexibility index (Phi) is 7.15. The van der Waals surface area contributed by atoms with Crippen molar-refractivity contribution in [3.63, 3.8) is 0 Å². The number of aliphatic hydroxyl groups excluding tert-OH is 1. The second-order valence-electron chi connectivity index (χ2n) is 5.63. The van der Waals surface area contributed by atoms with E-state index in [9.17, 15) is 5.11 Å². The minimum atomic E-state index is -0.244. The highest BCUT2D eigenvalue weighted by Gasteiger charge is 2.26. The molecule has 0 aromatic carbocycles. The van der Waals surface area contributed by atoms with Gasteiger partial charge < -0.3 is 19.9 Å². The molecule has 2 N–H and O–H groups in total. The van der Waals surface area contributed by atoms with Gasteiger partial charge in [-0.25, -0.2) is 0 Å². The summed E-state index contributed by atoms with van der Waals surface area (Å²) in [7, 11) is 0. The van der Waals surface area contributed by atoms with E-state index >= 15 is 0 Å². The van der Waals surface area contributed by atoms with Gasteiger partial charge in [0.05, 0.1) is 25.4 Å². The second-order valence-corrected chi connectivity index (χ2v) is 5.63. The van der Waals surface area contributed by atoms with Crippen molar-refractivity contribution in [2.24, 2.45) is 0 Å². The summed E-state index contributed by atoms with van der Waals surface area (Å²) in [6.07, 6.45) is 4.55. The van der Waals surface area contributed by atoms with Crippen LogP contribution in [0.25, 0.3) is 0 Å². The van der Waals surface area contributed by atoms with Crippen LogP contribution < -0.4 is 5.32 Å². The van der Waals surface area contributed by atoms with Gasteiger partial charge >= 0.3 is 0 Å². The van der Waals surface area contributed by atoms with Gasteiger partial charge in [-0.15, -0.1) is 0 Å². The van der Waals surface area contributed by atoms with Crippen LogP contribution in [0.5, 0.6) is 0 Å². The maximum Gasteiger partial charge on any atom is 0.0809 e. The van der Waals surface area contributed by atoms with Crippen molar-refractivity contribution < 1.29 is 14.6 Å². The second kappa shape index (κ2) is 8.10. The minimum Gasteiger partial charge on any atom is -0.394 e. The topological polar surface area (TPSA) is 50.7 Å². The maximum absolute atomic E-state index is 9.50. The molecule has 18 heavy (non-hydrogen) atoms. The average Bonchev–Trinajstić information content (AvgIpc) is 2.87. The van der Waals surface area contributed by atoms with Gasteiger partial charge in [-0.3, -0.25) is 0 Å². The first-order valence-electron chi connectivity index (χ1n) is 7.18. The molecule has 0 saturated carbocycles.